The van der Waals surface area contributed by atoms with Crippen molar-refractivity contribution in [2.45, 2.75) is 44.0 Å². The summed E-state index contributed by atoms with van der Waals surface area (Å²) in [6.45, 7) is 4.23. The van der Waals surface area contributed by atoms with Crippen LogP contribution in [0.15, 0.2) is 23.1 Å². The number of nitrogens with one attached hydrogen (secondary N) is 1. The van der Waals surface area contributed by atoms with Gasteiger partial charge in [-0.15, -0.1) is 0 Å². The number of nitro groups is 1. The zero-order valence-corrected chi connectivity index (χ0v) is 16.2. The first-order valence-corrected chi connectivity index (χ1v) is 10.2. The Hall–Kier alpha value is -1.71. The van der Waals surface area contributed by atoms with E-state index in [1.54, 1.807) is 0 Å². The third-order valence-corrected chi connectivity index (χ3v) is 6.95. The molecule has 1 atom stereocenters. The molecule has 0 radical (unpaired) electrons. The lowest BCUT2D eigenvalue weighted by Crippen LogP contribution is -2.44. The van der Waals surface area contributed by atoms with Crippen LogP contribution in [0.3, 0.4) is 0 Å². The summed E-state index contributed by atoms with van der Waals surface area (Å²) in [6, 6.07) is 3.42. The molecule has 10 heteroatoms. The molecule has 1 aliphatic rings. The molecule has 1 amide bonds. The number of hydrogen-bond donors (Lipinski definition) is 1. The number of sulfonamides is 1. The van der Waals surface area contributed by atoms with Crippen molar-refractivity contribution in [3.05, 3.63) is 33.3 Å². The molecular formula is C16H22ClN3O5S. The highest BCUT2D eigenvalue weighted by molar-refractivity contribution is 7.89. The molecule has 26 heavy (non-hydrogen) atoms. The van der Waals surface area contributed by atoms with Crippen molar-refractivity contribution in [2.75, 3.05) is 13.1 Å². The standard InChI is InChI=1S/C16H22ClN3O5S/c1-3-11(2)18-16(21)12-6-8-19(9-7-12)26(24,25)15-10-13(20(22)23)4-5-14(15)17/h4-5,10-12H,3,6-9H2,1-2H3,(H,18,21)/t11-/m0/s1. The molecule has 144 valence electrons. The minimum Gasteiger partial charge on any atom is -0.353 e. The molecule has 1 aromatic carbocycles. The molecule has 1 aliphatic heterocycles. The Labute approximate surface area is 157 Å². The molecule has 1 fully saturated rings. The minimum absolute atomic E-state index is 0.0627. The first kappa shape index (κ1) is 20.6. The molecule has 1 N–H and O–H groups in total. The fourth-order valence-electron chi connectivity index (χ4n) is 2.76. The number of amides is 1. The van der Waals surface area contributed by atoms with E-state index in [0.717, 1.165) is 18.6 Å². The van der Waals surface area contributed by atoms with Gasteiger partial charge in [-0.1, -0.05) is 18.5 Å². The van der Waals surface area contributed by atoms with Gasteiger partial charge in [0, 0.05) is 37.2 Å². The Bertz CT molecular complexity index is 791. The molecule has 1 aromatic rings. The van der Waals surface area contributed by atoms with E-state index in [0.29, 0.717) is 12.8 Å². The van der Waals surface area contributed by atoms with Gasteiger partial charge in [0.05, 0.1) is 9.95 Å². The average Bonchev–Trinajstić information content (AvgIpc) is 2.61. The molecule has 0 saturated carbocycles. The minimum atomic E-state index is -3.96. The number of halogens is 1. The number of rotatable bonds is 6. The van der Waals surface area contributed by atoms with Gasteiger partial charge in [-0.3, -0.25) is 14.9 Å². The quantitative estimate of drug-likeness (QED) is 0.579. The fraction of sp³-hybridized carbons (Fsp3) is 0.562. The summed E-state index contributed by atoms with van der Waals surface area (Å²) in [6.07, 6.45) is 1.62. The highest BCUT2D eigenvalue weighted by atomic mass is 35.5. The van der Waals surface area contributed by atoms with Crippen molar-refractivity contribution in [3.63, 3.8) is 0 Å². The SMILES string of the molecule is CC[C@H](C)NC(=O)C1CCN(S(=O)(=O)c2cc([N+](=O)[O-])ccc2Cl)CC1. The van der Waals surface area contributed by atoms with Crippen molar-refractivity contribution < 1.29 is 18.1 Å². The molecule has 0 spiro atoms. The first-order chi connectivity index (χ1) is 12.2. The van der Waals surface area contributed by atoms with Gasteiger partial charge >= 0.3 is 0 Å². The maximum atomic E-state index is 12.8. The normalized spacial score (nSPS) is 17.7. The van der Waals surface area contributed by atoms with Crippen LogP contribution in [0.2, 0.25) is 5.02 Å². The van der Waals surface area contributed by atoms with Gasteiger partial charge < -0.3 is 5.32 Å². The predicted molar refractivity (Wildman–Crippen MR) is 97.5 cm³/mol. The van der Waals surface area contributed by atoms with Crippen LogP contribution in [0.5, 0.6) is 0 Å². The van der Waals surface area contributed by atoms with E-state index >= 15 is 0 Å². The maximum absolute atomic E-state index is 12.8. The lowest BCUT2D eigenvalue weighted by molar-refractivity contribution is -0.385. The van der Waals surface area contributed by atoms with Gasteiger partial charge in [-0.2, -0.15) is 4.31 Å². The van der Waals surface area contributed by atoms with E-state index in [1.807, 2.05) is 13.8 Å². The Morgan fingerprint density at radius 2 is 2.04 bits per heavy atom. The number of non-ortho nitro benzene ring substituents is 1. The molecule has 0 aromatic heterocycles. The summed E-state index contributed by atoms with van der Waals surface area (Å²) in [7, 11) is -3.96. The van der Waals surface area contributed by atoms with Crippen LogP contribution in [0.25, 0.3) is 0 Å². The van der Waals surface area contributed by atoms with Crippen LogP contribution in [0.1, 0.15) is 33.1 Å². The number of carbonyl (C=O) groups is 1. The number of hydrogen-bond acceptors (Lipinski definition) is 5. The smallest absolute Gasteiger partial charge is 0.270 e. The summed E-state index contributed by atoms with van der Waals surface area (Å²) in [5.74, 6) is -0.305. The molecule has 0 aliphatic carbocycles. The Morgan fingerprint density at radius 1 is 1.42 bits per heavy atom. The number of carbonyl (C=O) groups excluding carboxylic acids is 1. The molecule has 0 unspecified atom stereocenters. The molecule has 8 nitrogen and oxygen atoms in total. The van der Waals surface area contributed by atoms with Crippen molar-refractivity contribution in [1.29, 1.82) is 0 Å². The average molecular weight is 404 g/mol. The Kier molecular flexibility index (Phi) is 6.59. The van der Waals surface area contributed by atoms with Crippen LogP contribution in [0.4, 0.5) is 5.69 Å². The van der Waals surface area contributed by atoms with Crippen LogP contribution >= 0.6 is 11.6 Å². The van der Waals surface area contributed by atoms with Gasteiger partial charge in [0.25, 0.3) is 5.69 Å². The van der Waals surface area contributed by atoms with Gasteiger partial charge in [0.1, 0.15) is 4.90 Å². The highest BCUT2D eigenvalue weighted by Gasteiger charge is 2.34. The van der Waals surface area contributed by atoms with E-state index in [2.05, 4.69) is 5.32 Å². The number of benzene rings is 1. The zero-order chi connectivity index (χ0) is 19.5. The van der Waals surface area contributed by atoms with Crippen LogP contribution in [-0.4, -0.2) is 42.7 Å². The second-order valence-electron chi connectivity index (χ2n) is 6.37. The number of nitro benzene ring substituents is 1. The Morgan fingerprint density at radius 3 is 2.58 bits per heavy atom. The topological polar surface area (TPSA) is 110 Å². The first-order valence-electron chi connectivity index (χ1n) is 8.41. The van der Waals surface area contributed by atoms with E-state index in [9.17, 15) is 23.3 Å². The van der Waals surface area contributed by atoms with E-state index in [1.165, 1.54) is 10.4 Å². The summed E-state index contributed by atoms with van der Waals surface area (Å²) in [5, 5.41) is 13.8. The molecule has 2 rings (SSSR count). The lowest BCUT2D eigenvalue weighted by Gasteiger charge is -2.31. The van der Waals surface area contributed by atoms with Crippen molar-refractivity contribution >= 4 is 33.2 Å². The summed E-state index contributed by atoms with van der Waals surface area (Å²) < 4.78 is 26.8. The predicted octanol–water partition coefficient (Wildman–Crippen LogP) is 2.56. The molecular weight excluding hydrogens is 382 g/mol. The van der Waals surface area contributed by atoms with Gasteiger partial charge in [-0.05, 0) is 32.3 Å². The summed E-state index contributed by atoms with van der Waals surface area (Å²) in [5.41, 5.74) is -0.337. The molecule has 1 heterocycles. The van der Waals surface area contributed by atoms with Crippen molar-refractivity contribution in [1.82, 2.24) is 9.62 Å². The number of piperidine rings is 1. The van der Waals surface area contributed by atoms with Gasteiger partial charge in [0.2, 0.25) is 15.9 Å². The number of nitrogens with zero attached hydrogens (tertiary/aromatic N) is 2. The zero-order valence-electron chi connectivity index (χ0n) is 14.6. The largest absolute Gasteiger partial charge is 0.353 e. The Balaban J connectivity index is 2.12. The fourth-order valence-corrected chi connectivity index (χ4v) is 4.73. The van der Waals surface area contributed by atoms with Gasteiger partial charge in [0.15, 0.2) is 0 Å². The summed E-state index contributed by atoms with van der Waals surface area (Å²) in [4.78, 5) is 22.2. The van der Waals surface area contributed by atoms with E-state index in [4.69, 9.17) is 11.6 Å². The van der Waals surface area contributed by atoms with Crippen LogP contribution in [0, 0.1) is 16.0 Å². The monoisotopic (exact) mass is 403 g/mol. The van der Waals surface area contributed by atoms with Crippen molar-refractivity contribution in [3.8, 4) is 0 Å². The molecule has 0 bridgehead atoms. The second kappa shape index (κ2) is 8.32. The third-order valence-electron chi connectivity index (χ3n) is 4.57. The summed E-state index contributed by atoms with van der Waals surface area (Å²) >= 11 is 5.96. The lowest BCUT2D eigenvalue weighted by atomic mass is 9.97. The van der Waals surface area contributed by atoms with Gasteiger partial charge in [-0.25, -0.2) is 8.42 Å². The van der Waals surface area contributed by atoms with Crippen LogP contribution in [-0.2, 0) is 14.8 Å². The maximum Gasteiger partial charge on any atom is 0.270 e. The van der Waals surface area contributed by atoms with E-state index in [-0.39, 0.29) is 46.6 Å². The van der Waals surface area contributed by atoms with Crippen molar-refractivity contribution in [2.24, 2.45) is 5.92 Å². The van der Waals surface area contributed by atoms with Crippen LogP contribution < -0.4 is 5.32 Å². The van der Waals surface area contributed by atoms with E-state index < -0.39 is 14.9 Å². The highest BCUT2D eigenvalue weighted by Crippen LogP contribution is 2.31. The second-order valence-corrected chi connectivity index (χ2v) is 8.68. The third kappa shape index (κ3) is 4.52. The molecule has 1 saturated heterocycles.